The second-order valence-corrected chi connectivity index (χ2v) is 5.94. The zero-order chi connectivity index (χ0) is 13.5. The quantitative estimate of drug-likeness (QED) is 0.849. The Bertz CT molecular complexity index is 604. The van der Waals surface area contributed by atoms with Crippen LogP contribution in [-0.4, -0.2) is 30.2 Å². The predicted octanol–water partition coefficient (Wildman–Crippen LogP) is 2.73. The van der Waals surface area contributed by atoms with E-state index >= 15 is 0 Å². The molecule has 2 aromatic rings. The van der Waals surface area contributed by atoms with Gasteiger partial charge in [0, 0.05) is 41.9 Å². The van der Waals surface area contributed by atoms with Gasteiger partial charge in [0.05, 0.1) is 5.52 Å². The maximum Gasteiger partial charge on any atom is 0.0726 e. The number of aryl methyl sites for hydroxylation is 1. The Morgan fingerprint density at radius 1 is 1.26 bits per heavy atom. The monoisotopic (exact) mass is 255 g/mol. The van der Waals surface area contributed by atoms with Crippen LogP contribution in [0.25, 0.3) is 10.9 Å². The number of nitrogens with zero attached hydrogens (tertiary/aromatic N) is 2. The van der Waals surface area contributed by atoms with Crippen LogP contribution in [0.1, 0.15) is 19.5 Å². The standard InChI is InChI=1S/C16H21N3/c1-12-10-15(13-6-4-5-7-14(13)18-12)19-9-8-17-11-16(19,2)3/h4-7,10,17H,8-9,11H2,1-3H3. The summed E-state index contributed by atoms with van der Waals surface area (Å²) in [6.45, 7) is 9.76. The number of piperazine rings is 1. The van der Waals surface area contributed by atoms with E-state index < -0.39 is 0 Å². The second-order valence-electron chi connectivity index (χ2n) is 5.94. The number of para-hydroxylation sites is 1. The average Bonchev–Trinajstić information content (AvgIpc) is 2.37. The molecule has 1 saturated heterocycles. The molecule has 3 nitrogen and oxygen atoms in total. The van der Waals surface area contributed by atoms with Gasteiger partial charge in [-0.1, -0.05) is 18.2 Å². The third-order valence-corrected chi connectivity index (χ3v) is 3.91. The molecule has 0 aliphatic carbocycles. The van der Waals surface area contributed by atoms with E-state index in [0.717, 1.165) is 30.8 Å². The number of nitrogens with one attached hydrogen (secondary N) is 1. The molecule has 1 aliphatic heterocycles. The Morgan fingerprint density at radius 2 is 2.05 bits per heavy atom. The van der Waals surface area contributed by atoms with Crippen molar-refractivity contribution in [3.8, 4) is 0 Å². The largest absolute Gasteiger partial charge is 0.363 e. The SMILES string of the molecule is Cc1cc(N2CCNCC2(C)C)c2ccccc2n1. The molecule has 1 fully saturated rings. The van der Waals surface area contributed by atoms with Gasteiger partial charge in [0.25, 0.3) is 0 Å². The summed E-state index contributed by atoms with van der Waals surface area (Å²) in [6, 6.07) is 10.6. The topological polar surface area (TPSA) is 28.2 Å². The molecule has 0 radical (unpaired) electrons. The second kappa shape index (κ2) is 4.49. The van der Waals surface area contributed by atoms with E-state index in [4.69, 9.17) is 0 Å². The van der Waals surface area contributed by atoms with Gasteiger partial charge in [-0.05, 0) is 32.9 Å². The summed E-state index contributed by atoms with van der Waals surface area (Å²) >= 11 is 0. The van der Waals surface area contributed by atoms with Crippen molar-refractivity contribution in [1.82, 2.24) is 10.3 Å². The number of aromatic nitrogens is 1. The Kier molecular flexibility index (Phi) is 2.94. The average molecular weight is 255 g/mol. The highest BCUT2D eigenvalue weighted by molar-refractivity contribution is 5.92. The van der Waals surface area contributed by atoms with Crippen molar-refractivity contribution in [1.29, 1.82) is 0 Å². The van der Waals surface area contributed by atoms with E-state index in [1.54, 1.807) is 0 Å². The van der Waals surface area contributed by atoms with Gasteiger partial charge in [0.2, 0.25) is 0 Å². The molecule has 0 spiro atoms. The molecule has 1 aromatic heterocycles. The zero-order valence-corrected chi connectivity index (χ0v) is 11.9. The number of anilines is 1. The van der Waals surface area contributed by atoms with Crippen molar-refractivity contribution in [3.63, 3.8) is 0 Å². The van der Waals surface area contributed by atoms with Crippen LogP contribution in [0.5, 0.6) is 0 Å². The number of hydrogen-bond acceptors (Lipinski definition) is 3. The fourth-order valence-corrected chi connectivity index (χ4v) is 2.94. The van der Waals surface area contributed by atoms with E-state index in [9.17, 15) is 0 Å². The summed E-state index contributed by atoms with van der Waals surface area (Å²) in [5.41, 5.74) is 3.62. The molecule has 1 N–H and O–H groups in total. The van der Waals surface area contributed by atoms with Crippen LogP contribution in [0.15, 0.2) is 30.3 Å². The number of benzene rings is 1. The fraction of sp³-hybridized carbons (Fsp3) is 0.438. The molecule has 0 bridgehead atoms. The lowest BCUT2D eigenvalue weighted by atomic mass is 9.98. The molecule has 2 heterocycles. The third-order valence-electron chi connectivity index (χ3n) is 3.91. The molecule has 19 heavy (non-hydrogen) atoms. The van der Waals surface area contributed by atoms with Crippen molar-refractivity contribution >= 4 is 16.6 Å². The zero-order valence-electron chi connectivity index (χ0n) is 11.9. The maximum absolute atomic E-state index is 4.64. The van der Waals surface area contributed by atoms with Gasteiger partial charge in [-0.2, -0.15) is 0 Å². The van der Waals surface area contributed by atoms with Crippen LogP contribution in [0.3, 0.4) is 0 Å². The first-order valence-electron chi connectivity index (χ1n) is 6.93. The smallest absolute Gasteiger partial charge is 0.0726 e. The summed E-state index contributed by atoms with van der Waals surface area (Å²) in [4.78, 5) is 7.15. The summed E-state index contributed by atoms with van der Waals surface area (Å²) in [6.07, 6.45) is 0. The van der Waals surface area contributed by atoms with E-state index in [-0.39, 0.29) is 5.54 Å². The number of fused-ring (bicyclic) bond motifs is 1. The van der Waals surface area contributed by atoms with Gasteiger partial charge in [-0.3, -0.25) is 4.98 Å². The highest BCUT2D eigenvalue weighted by Gasteiger charge is 2.30. The molecule has 0 unspecified atom stereocenters. The van der Waals surface area contributed by atoms with Gasteiger partial charge in [-0.15, -0.1) is 0 Å². The third kappa shape index (κ3) is 2.19. The Hall–Kier alpha value is -1.61. The maximum atomic E-state index is 4.64. The number of rotatable bonds is 1. The molecule has 1 aliphatic rings. The first kappa shape index (κ1) is 12.4. The van der Waals surface area contributed by atoms with Gasteiger partial charge < -0.3 is 10.2 Å². The number of hydrogen-bond donors (Lipinski definition) is 1. The van der Waals surface area contributed by atoms with Gasteiger partial charge in [-0.25, -0.2) is 0 Å². The molecule has 1 aromatic carbocycles. The van der Waals surface area contributed by atoms with E-state index in [2.05, 4.69) is 66.3 Å². The van der Waals surface area contributed by atoms with Crippen molar-refractivity contribution in [2.24, 2.45) is 0 Å². The van der Waals surface area contributed by atoms with Crippen molar-refractivity contribution in [2.45, 2.75) is 26.3 Å². The van der Waals surface area contributed by atoms with Crippen LogP contribution < -0.4 is 10.2 Å². The summed E-state index contributed by atoms with van der Waals surface area (Å²) in [7, 11) is 0. The van der Waals surface area contributed by atoms with Crippen LogP contribution in [-0.2, 0) is 0 Å². The minimum Gasteiger partial charge on any atom is -0.363 e. The normalized spacial score (nSPS) is 18.8. The van der Waals surface area contributed by atoms with Crippen molar-refractivity contribution < 1.29 is 0 Å². The lowest BCUT2D eigenvalue weighted by molar-refractivity contribution is 0.381. The van der Waals surface area contributed by atoms with Crippen molar-refractivity contribution in [2.75, 3.05) is 24.5 Å². The first-order chi connectivity index (χ1) is 9.08. The lowest BCUT2D eigenvalue weighted by Crippen LogP contribution is -2.58. The van der Waals surface area contributed by atoms with Crippen LogP contribution in [0.2, 0.25) is 0 Å². The summed E-state index contributed by atoms with van der Waals surface area (Å²) in [5, 5.41) is 4.73. The lowest BCUT2D eigenvalue weighted by Gasteiger charge is -2.45. The highest BCUT2D eigenvalue weighted by atomic mass is 15.3. The van der Waals surface area contributed by atoms with Gasteiger partial charge in [0.1, 0.15) is 0 Å². The molecule has 100 valence electrons. The molecule has 3 heteroatoms. The Morgan fingerprint density at radius 3 is 2.84 bits per heavy atom. The minimum absolute atomic E-state index is 0.134. The highest BCUT2D eigenvalue weighted by Crippen LogP contribution is 2.32. The molecule has 0 amide bonds. The van der Waals surface area contributed by atoms with E-state index in [1.165, 1.54) is 11.1 Å². The minimum atomic E-state index is 0.134. The van der Waals surface area contributed by atoms with Crippen molar-refractivity contribution in [3.05, 3.63) is 36.0 Å². The predicted molar refractivity (Wildman–Crippen MR) is 80.8 cm³/mol. The van der Waals surface area contributed by atoms with E-state index in [1.807, 2.05) is 0 Å². The van der Waals surface area contributed by atoms with Crippen LogP contribution in [0, 0.1) is 6.92 Å². The van der Waals surface area contributed by atoms with Gasteiger partial charge in [0.15, 0.2) is 0 Å². The molecule has 0 atom stereocenters. The summed E-state index contributed by atoms with van der Waals surface area (Å²) < 4.78 is 0. The van der Waals surface area contributed by atoms with Crippen LogP contribution >= 0.6 is 0 Å². The van der Waals surface area contributed by atoms with Crippen LogP contribution in [0.4, 0.5) is 5.69 Å². The van der Waals surface area contributed by atoms with E-state index in [0.29, 0.717) is 0 Å². The Balaban J connectivity index is 2.18. The van der Waals surface area contributed by atoms with Gasteiger partial charge >= 0.3 is 0 Å². The number of pyridine rings is 1. The fourth-order valence-electron chi connectivity index (χ4n) is 2.94. The molecular formula is C16H21N3. The Labute approximate surface area is 114 Å². The first-order valence-corrected chi connectivity index (χ1v) is 6.93. The molecule has 0 saturated carbocycles. The molecule has 3 rings (SSSR count). The summed E-state index contributed by atoms with van der Waals surface area (Å²) in [5.74, 6) is 0. The molecular weight excluding hydrogens is 234 g/mol.